The van der Waals surface area contributed by atoms with Crippen LogP contribution < -0.4 is 0 Å². The van der Waals surface area contributed by atoms with Crippen LogP contribution in [0.4, 0.5) is 0 Å². The minimum atomic E-state index is 0.878. The Balaban J connectivity index is 1.71. The molecule has 0 fully saturated rings. The van der Waals surface area contributed by atoms with Crippen molar-refractivity contribution >= 4 is 24.0 Å². The maximum atomic E-state index is 5.90. The first-order valence-corrected chi connectivity index (χ1v) is 12.1. The zero-order valence-corrected chi connectivity index (χ0v) is 19.6. The van der Waals surface area contributed by atoms with Crippen molar-refractivity contribution in [2.24, 2.45) is 0 Å². The number of rotatable bonds is 11. The van der Waals surface area contributed by atoms with Gasteiger partial charge >= 0.3 is 0 Å². The molecule has 3 rings (SSSR count). The van der Waals surface area contributed by atoms with Crippen molar-refractivity contribution < 1.29 is 4.74 Å². The third-order valence-electron chi connectivity index (χ3n) is 5.21. The molecule has 0 amide bonds. The number of ether oxygens (including phenoxy) is 1. The van der Waals surface area contributed by atoms with Crippen molar-refractivity contribution in [2.75, 3.05) is 19.5 Å². The predicted octanol–water partition coefficient (Wildman–Crippen LogP) is 7.87. The number of unbranched alkanes of at least 4 members (excludes halogenated alkanes) is 3. The summed E-state index contributed by atoms with van der Waals surface area (Å²) < 4.78 is 8.25. The van der Waals surface area contributed by atoms with Crippen LogP contribution in [0.3, 0.4) is 0 Å². The third kappa shape index (κ3) is 6.31. The Labute approximate surface area is 190 Å². The van der Waals surface area contributed by atoms with Gasteiger partial charge in [0.05, 0.1) is 4.51 Å². The van der Waals surface area contributed by atoms with Crippen LogP contribution in [0.25, 0.3) is 22.3 Å². The number of aryl methyl sites for hydroxylation is 1. The highest BCUT2D eigenvalue weighted by Gasteiger charge is 2.09. The van der Waals surface area contributed by atoms with E-state index in [1.54, 1.807) is 7.11 Å². The number of methoxy groups -OCH3 is 1. The third-order valence-corrected chi connectivity index (χ3v) is 6.74. The van der Waals surface area contributed by atoms with Crippen LogP contribution in [0, 0.1) is 4.51 Å². The van der Waals surface area contributed by atoms with E-state index in [1.807, 2.05) is 17.8 Å². The van der Waals surface area contributed by atoms with E-state index in [4.69, 9.17) is 17.0 Å². The summed E-state index contributed by atoms with van der Waals surface area (Å²) in [6, 6.07) is 19.3. The quantitative estimate of drug-likeness (QED) is 0.172. The first-order chi connectivity index (χ1) is 14.7. The van der Waals surface area contributed by atoms with Crippen molar-refractivity contribution in [2.45, 2.75) is 44.0 Å². The summed E-state index contributed by atoms with van der Waals surface area (Å²) >= 11 is 7.84. The van der Waals surface area contributed by atoms with Gasteiger partial charge in [-0.2, -0.15) is 0 Å². The predicted molar refractivity (Wildman–Crippen MR) is 133 cm³/mol. The number of thioether (sulfide) groups is 1. The van der Waals surface area contributed by atoms with Crippen molar-refractivity contribution in [1.82, 2.24) is 4.57 Å². The summed E-state index contributed by atoms with van der Waals surface area (Å²) in [6.07, 6.45) is 9.29. The molecule has 0 N–H and O–H groups in total. The molecule has 0 aliphatic heterocycles. The second-order valence-electron chi connectivity index (χ2n) is 7.39. The van der Waals surface area contributed by atoms with Crippen LogP contribution in [-0.2, 0) is 11.3 Å². The van der Waals surface area contributed by atoms with Gasteiger partial charge in [0.15, 0.2) is 0 Å². The molecule has 4 heteroatoms. The molecule has 1 aromatic heterocycles. The molecule has 0 atom stereocenters. The zero-order valence-electron chi connectivity index (χ0n) is 18.0. The van der Waals surface area contributed by atoms with Crippen molar-refractivity contribution in [1.29, 1.82) is 0 Å². The first-order valence-electron chi connectivity index (χ1n) is 10.7. The minimum Gasteiger partial charge on any atom is -0.385 e. The van der Waals surface area contributed by atoms with Gasteiger partial charge in [-0.15, -0.1) is 11.8 Å². The topological polar surface area (TPSA) is 14.2 Å². The molecule has 0 aliphatic rings. The summed E-state index contributed by atoms with van der Waals surface area (Å²) in [7, 11) is 1.77. The lowest BCUT2D eigenvalue weighted by Gasteiger charge is -2.13. The molecule has 0 unspecified atom stereocenters. The van der Waals surface area contributed by atoms with Gasteiger partial charge in [-0.1, -0.05) is 67.5 Å². The smallest absolute Gasteiger partial charge is 0.0563 e. The van der Waals surface area contributed by atoms with Crippen LogP contribution in [0.2, 0.25) is 0 Å². The Morgan fingerprint density at radius 2 is 1.47 bits per heavy atom. The summed E-state index contributed by atoms with van der Waals surface area (Å²) in [5, 5.41) is 0. The molecular weight excluding hydrogens is 406 g/mol. The fourth-order valence-electron chi connectivity index (χ4n) is 3.47. The Morgan fingerprint density at radius 1 is 0.833 bits per heavy atom. The van der Waals surface area contributed by atoms with Gasteiger partial charge < -0.3 is 9.30 Å². The second-order valence-corrected chi connectivity index (χ2v) is 8.97. The van der Waals surface area contributed by atoms with Gasteiger partial charge in [0.2, 0.25) is 0 Å². The fraction of sp³-hybridized carbons (Fsp3) is 0.346. The summed E-state index contributed by atoms with van der Waals surface area (Å²) in [5.74, 6) is 1.16. The van der Waals surface area contributed by atoms with E-state index >= 15 is 0 Å². The molecular formula is C26H31NOS2. The van der Waals surface area contributed by atoms with E-state index in [0.717, 1.165) is 34.5 Å². The number of pyridine rings is 1. The monoisotopic (exact) mass is 437 g/mol. The van der Waals surface area contributed by atoms with Crippen LogP contribution in [-0.4, -0.2) is 24.0 Å². The summed E-state index contributed by atoms with van der Waals surface area (Å²) in [5.41, 5.74) is 4.60. The van der Waals surface area contributed by atoms with E-state index in [1.165, 1.54) is 41.7 Å². The lowest BCUT2D eigenvalue weighted by Crippen LogP contribution is -1.98. The zero-order chi connectivity index (χ0) is 21.2. The number of hydrogen-bond acceptors (Lipinski definition) is 3. The molecule has 0 bridgehead atoms. The molecule has 2 aromatic carbocycles. The summed E-state index contributed by atoms with van der Waals surface area (Å²) in [4.78, 5) is 1.32. The summed E-state index contributed by atoms with van der Waals surface area (Å²) in [6.45, 7) is 3.96. The Morgan fingerprint density at radius 3 is 2.10 bits per heavy atom. The highest BCUT2D eigenvalue weighted by atomic mass is 32.2. The molecule has 0 saturated heterocycles. The molecule has 0 aliphatic carbocycles. The maximum absolute atomic E-state index is 5.90. The van der Waals surface area contributed by atoms with E-state index in [9.17, 15) is 0 Å². The van der Waals surface area contributed by atoms with Crippen molar-refractivity contribution in [3.63, 3.8) is 0 Å². The van der Waals surface area contributed by atoms with Crippen LogP contribution in [0.1, 0.15) is 32.6 Å². The van der Waals surface area contributed by atoms with Gasteiger partial charge in [0.25, 0.3) is 0 Å². The molecule has 3 aromatic rings. The largest absolute Gasteiger partial charge is 0.385 e. The normalized spacial score (nSPS) is 11.0. The van der Waals surface area contributed by atoms with Gasteiger partial charge in [-0.05, 0) is 48.8 Å². The van der Waals surface area contributed by atoms with E-state index in [2.05, 4.69) is 72.4 Å². The Kier molecular flexibility index (Phi) is 9.19. The van der Waals surface area contributed by atoms with Gasteiger partial charge in [-0.25, -0.2) is 0 Å². The molecule has 30 heavy (non-hydrogen) atoms. The SMILES string of the molecule is CCn1cc(-c2ccccc2)c(=S)c(-c2ccc(SCCCCCCOC)cc2)c1. The second kappa shape index (κ2) is 12.1. The standard InChI is InChI=1S/C26H31NOS2/c1-3-27-19-24(21-11-7-6-8-12-21)26(29)25(20-27)22-13-15-23(16-14-22)30-18-10-5-4-9-17-28-2/h6-8,11-16,19-20H,3-5,9-10,17-18H2,1-2H3. The van der Waals surface area contributed by atoms with E-state index in [0.29, 0.717) is 0 Å². The highest BCUT2D eigenvalue weighted by Crippen LogP contribution is 2.30. The number of nitrogens with zero attached hydrogens (tertiary/aromatic N) is 1. The Hall–Kier alpha value is -1.88. The lowest BCUT2D eigenvalue weighted by atomic mass is 10.0. The number of benzene rings is 2. The molecule has 1 heterocycles. The molecule has 0 spiro atoms. The average molecular weight is 438 g/mol. The number of hydrogen-bond donors (Lipinski definition) is 0. The van der Waals surface area contributed by atoms with Gasteiger partial charge in [-0.3, -0.25) is 0 Å². The molecule has 158 valence electrons. The Bertz CT molecular complexity index is 965. The highest BCUT2D eigenvalue weighted by molar-refractivity contribution is 7.99. The van der Waals surface area contributed by atoms with E-state index < -0.39 is 0 Å². The van der Waals surface area contributed by atoms with Crippen LogP contribution in [0.5, 0.6) is 0 Å². The van der Waals surface area contributed by atoms with Gasteiger partial charge in [0.1, 0.15) is 0 Å². The average Bonchev–Trinajstić information content (AvgIpc) is 2.80. The van der Waals surface area contributed by atoms with Crippen LogP contribution >= 0.6 is 24.0 Å². The maximum Gasteiger partial charge on any atom is 0.0563 e. The fourth-order valence-corrected chi connectivity index (χ4v) is 4.72. The van der Waals surface area contributed by atoms with Crippen LogP contribution in [0.15, 0.2) is 71.9 Å². The first kappa shape index (κ1) is 22.8. The van der Waals surface area contributed by atoms with E-state index in [-0.39, 0.29) is 0 Å². The molecule has 0 saturated carbocycles. The lowest BCUT2D eigenvalue weighted by molar-refractivity contribution is 0.192. The molecule has 2 nitrogen and oxygen atoms in total. The number of aromatic nitrogens is 1. The minimum absolute atomic E-state index is 0.878. The van der Waals surface area contributed by atoms with Gasteiger partial charge in [0, 0.05) is 48.7 Å². The van der Waals surface area contributed by atoms with Crippen molar-refractivity contribution in [3.8, 4) is 22.3 Å². The van der Waals surface area contributed by atoms with Crippen molar-refractivity contribution in [3.05, 3.63) is 71.5 Å². The molecule has 0 radical (unpaired) electrons.